The minimum absolute atomic E-state index is 0.0458. The topological polar surface area (TPSA) is 67.0 Å². The summed E-state index contributed by atoms with van der Waals surface area (Å²) in [5, 5.41) is 7.30. The Labute approximate surface area is 171 Å². The maximum atomic E-state index is 13.9. The van der Waals surface area contributed by atoms with Crippen molar-refractivity contribution in [3.63, 3.8) is 0 Å². The van der Waals surface area contributed by atoms with Crippen molar-refractivity contribution in [3.8, 4) is 17.0 Å². The highest BCUT2D eigenvalue weighted by Gasteiger charge is 2.42. The Morgan fingerprint density at radius 1 is 0.969 bits per heavy atom. The van der Waals surface area contributed by atoms with E-state index in [0.717, 1.165) is 18.2 Å². The molecule has 0 saturated carbocycles. The number of nitrogens with one attached hydrogen (secondary N) is 2. The summed E-state index contributed by atoms with van der Waals surface area (Å²) < 4.78 is 122. The summed E-state index contributed by atoms with van der Waals surface area (Å²) in [5.41, 5.74) is -4.72. The summed E-state index contributed by atoms with van der Waals surface area (Å²) in [6.07, 6.45) is -5.73. The van der Waals surface area contributed by atoms with Gasteiger partial charge in [-0.15, -0.1) is 0 Å². The van der Waals surface area contributed by atoms with Crippen molar-refractivity contribution in [2.24, 2.45) is 0 Å². The summed E-state index contributed by atoms with van der Waals surface area (Å²) in [7, 11) is 0. The summed E-state index contributed by atoms with van der Waals surface area (Å²) in [6, 6.07) is 5.92. The van der Waals surface area contributed by atoms with Crippen LogP contribution < -0.4 is 10.1 Å². The van der Waals surface area contributed by atoms with Crippen LogP contribution in [0.2, 0.25) is 0 Å². The molecule has 0 bridgehead atoms. The van der Waals surface area contributed by atoms with Gasteiger partial charge in [0.15, 0.2) is 23.3 Å². The van der Waals surface area contributed by atoms with Crippen LogP contribution in [0.5, 0.6) is 5.75 Å². The molecule has 0 unspecified atom stereocenters. The van der Waals surface area contributed by atoms with E-state index in [1.54, 1.807) is 0 Å². The van der Waals surface area contributed by atoms with E-state index in [4.69, 9.17) is 0 Å². The number of carbonyl (C=O) groups excluding carboxylic acids is 1. The molecule has 1 aromatic heterocycles. The number of benzene rings is 2. The number of aromatic nitrogens is 2. The number of alkyl halides is 5. The zero-order chi connectivity index (χ0) is 23.8. The quantitative estimate of drug-likeness (QED) is 0.383. The fraction of sp³-hybridized carbons (Fsp3) is 0.111. The van der Waals surface area contributed by atoms with Crippen LogP contribution in [0.1, 0.15) is 16.1 Å². The lowest BCUT2D eigenvalue weighted by Crippen LogP contribution is -2.20. The van der Waals surface area contributed by atoms with E-state index in [9.17, 15) is 44.3 Å². The summed E-state index contributed by atoms with van der Waals surface area (Å²) in [6.45, 7) is -3.05. The van der Waals surface area contributed by atoms with E-state index in [-0.39, 0.29) is 17.0 Å². The molecule has 0 saturated heterocycles. The van der Waals surface area contributed by atoms with Crippen molar-refractivity contribution in [3.05, 3.63) is 64.9 Å². The molecule has 3 rings (SSSR count). The zero-order valence-electron chi connectivity index (χ0n) is 15.1. The molecule has 2 aromatic carbocycles. The molecule has 5 nitrogen and oxygen atoms in total. The number of hydrogen-bond donors (Lipinski definition) is 2. The first-order chi connectivity index (χ1) is 14.9. The highest BCUT2D eigenvalue weighted by molar-refractivity contribution is 6.03. The maximum absolute atomic E-state index is 13.9. The summed E-state index contributed by atoms with van der Waals surface area (Å²) in [5.74, 6) is -11.9. The second-order valence-electron chi connectivity index (χ2n) is 6.03. The van der Waals surface area contributed by atoms with Crippen LogP contribution in [0.4, 0.5) is 45.2 Å². The number of H-pyrrole nitrogens is 1. The minimum Gasteiger partial charge on any atom is -0.435 e. The average molecular weight is 469 g/mol. The van der Waals surface area contributed by atoms with Crippen molar-refractivity contribution in [1.82, 2.24) is 10.2 Å². The van der Waals surface area contributed by atoms with E-state index in [1.807, 2.05) is 0 Å². The number of anilines is 1. The van der Waals surface area contributed by atoms with Gasteiger partial charge in [-0.2, -0.15) is 27.1 Å². The van der Waals surface area contributed by atoms with E-state index in [0.29, 0.717) is 0 Å². The standard InChI is InChI=1S/C18H8F9N3O2/c19-11-10(18(25,26)27)12(20)14(22)15(13(11)21)28-16(31)9-5-8(29-30-9)6-1-3-7(4-2-6)32-17(23)24/h1-5,17H,(H,28,31)(H,29,30). The minimum atomic E-state index is -5.73. The third-order valence-corrected chi connectivity index (χ3v) is 3.98. The number of aromatic amines is 1. The fourth-order valence-electron chi connectivity index (χ4n) is 2.56. The Hall–Kier alpha value is -3.71. The molecule has 3 aromatic rings. The Bertz CT molecular complexity index is 1130. The molecule has 1 amide bonds. The third kappa shape index (κ3) is 4.48. The number of amides is 1. The van der Waals surface area contributed by atoms with Crippen molar-refractivity contribution in [2.45, 2.75) is 12.8 Å². The first-order valence-electron chi connectivity index (χ1n) is 8.25. The molecule has 0 aliphatic carbocycles. The molecular formula is C18H8F9N3O2. The van der Waals surface area contributed by atoms with Gasteiger partial charge in [0, 0.05) is 5.56 Å². The first-order valence-corrected chi connectivity index (χ1v) is 8.25. The fourth-order valence-corrected chi connectivity index (χ4v) is 2.56. The van der Waals surface area contributed by atoms with Crippen LogP contribution in [-0.2, 0) is 6.18 Å². The normalized spacial score (nSPS) is 11.7. The van der Waals surface area contributed by atoms with Crippen LogP contribution >= 0.6 is 0 Å². The van der Waals surface area contributed by atoms with Gasteiger partial charge < -0.3 is 10.1 Å². The van der Waals surface area contributed by atoms with E-state index >= 15 is 0 Å². The van der Waals surface area contributed by atoms with Gasteiger partial charge in [-0.1, -0.05) is 0 Å². The van der Waals surface area contributed by atoms with Crippen LogP contribution in [-0.4, -0.2) is 22.7 Å². The van der Waals surface area contributed by atoms with Gasteiger partial charge in [0.1, 0.15) is 22.7 Å². The van der Waals surface area contributed by atoms with Crippen LogP contribution in [0, 0.1) is 23.3 Å². The number of carbonyl (C=O) groups is 1. The van der Waals surface area contributed by atoms with Crippen molar-refractivity contribution < 1.29 is 49.0 Å². The van der Waals surface area contributed by atoms with Crippen LogP contribution in [0.25, 0.3) is 11.3 Å². The molecule has 2 N–H and O–H groups in total. The van der Waals surface area contributed by atoms with Crippen LogP contribution in [0.15, 0.2) is 30.3 Å². The average Bonchev–Trinajstić information content (AvgIpc) is 3.19. The largest absolute Gasteiger partial charge is 0.435 e. The van der Waals surface area contributed by atoms with Gasteiger partial charge in [0.2, 0.25) is 0 Å². The van der Waals surface area contributed by atoms with Gasteiger partial charge in [-0.3, -0.25) is 9.89 Å². The Kier molecular flexibility index (Phi) is 6.05. The van der Waals surface area contributed by atoms with Gasteiger partial charge in [0.25, 0.3) is 5.91 Å². The third-order valence-electron chi connectivity index (χ3n) is 3.98. The lowest BCUT2D eigenvalue weighted by Gasteiger charge is -2.14. The zero-order valence-corrected chi connectivity index (χ0v) is 15.1. The lowest BCUT2D eigenvalue weighted by atomic mass is 10.1. The number of hydrogen-bond acceptors (Lipinski definition) is 3. The number of nitrogens with zero attached hydrogens (tertiary/aromatic N) is 1. The SMILES string of the molecule is O=C(Nc1c(F)c(F)c(C(F)(F)F)c(F)c1F)c1cc(-c2ccc(OC(F)F)cc2)n[nH]1. The molecule has 1 heterocycles. The molecule has 32 heavy (non-hydrogen) atoms. The molecular weight excluding hydrogens is 461 g/mol. The van der Waals surface area contributed by atoms with E-state index in [1.165, 1.54) is 17.4 Å². The molecule has 0 atom stereocenters. The molecule has 14 heteroatoms. The molecule has 0 spiro atoms. The Morgan fingerprint density at radius 2 is 1.53 bits per heavy atom. The van der Waals surface area contributed by atoms with Gasteiger partial charge in [0.05, 0.1) is 5.69 Å². The van der Waals surface area contributed by atoms with E-state index in [2.05, 4.69) is 14.9 Å². The van der Waals surface area contributed by atoms with Crippen LogP contribution in [0.3, 0.4) is 0 Å². The number of halogens is 9. The molecule has 0 aliphatic rings. The van der Waals surface area contributed by atoms with Gasteiger partial charge >= 0.3 is 12.8 Å². The van der Waals surface area contributed by atoms with E-state index < -0.39 is 58.9 Å². The van der Waals surface area contributed by atoms with Gasteiger partial charge in [-0.25, -0.2) is 17.6 Å². The van der Waals surface area contributed by atoms with Crippen molar-refractivity contribution in [1.29, 1.82) is 0 Å². The highest BCUT2D eigenvalue weighted by Crippen LogP contribution is 2.38. The van der Waals surface area contributed by atoms with Gasteiger partial charge in [-0.05, 0) is 30.3 Å². The summed E-state index contributed by atoms with van der Waals surface area (Å²) in [4.78, 5) is 12.2. The molecule has 0 fully saturated rings. The Morgan fingerprint density at radius 3 is 2.03 bits per heavy atom. The first kappa shape index (κ1) is 23.0. The molecule has 0 radical (unpaired) electrons. The smallest absolute Gasteiger partial charge is 0.422 e. The maximum Gasteiger partial charge on any atom is 0.422 e. The molecule has 170 valence electrons. The predicted molar refractivity (Wildman–Crippen MR) is 89.9 cm³/mol. The number of rotatable bonds is 5. The van der Waals surface area contributed by atoms with Crippen molar-refractivity contribution >= 4 is 11.6 Å². The summed E-state index contributed by atoms with van der Waals surface area (Å²) >= 11 is 0. The lowest BCUT2D eigenvalue weighted by molar-refractivity contribution is -0.143. The van der Waals surface area contributed by atoms with Crippen molar-refractivity contribution in [2.75, 3.05) is 5.32 Å². The molecule has 0 aliphatic heterocycles. The predicted octanol–water partition coefficient (Wildman–Crippen LogP) is 5.51. The second kappa shape index (κ2) is 8.43. The Balaban J connectivity index is 1.86. The number of ether oxygens (including phenoxy) is 1. The monoisotopic (exact) mass is 469 g/mol. The highest BCUT2D eigenvalue weighted by atomic mass is 19.4. The second-order valence-corrected chi connectivity index (χ2v) is 6.03.